The van der Waals surface area contributed by atoms with Crippen molar-refractivity contribution in [2.24, 2.45) is 5.73 Å². The Bertz CT molecular complexity index is 1230. The van der Waals surface area contributed by atoms with Gasteiger partial charge < -0.3 is 15.5 Å². The van der Waals surface area contributed by atoms with Crippen LogP contribution in [0.2, 0.25) is 0 Å². The number of benzene rings is 2. The average molecular weight is 398 g/mol. The first kappa shape index (κ1) is 19.1. The van der Waals surface area contributed by atoms with Crippen molar-refractivity contribution < 1.29 is 14.0 Å². The maximum atomic E-state index is 12.9. The molecule has 0 spiro atoms. The first-order chi connectivity index (χ1) is 14.5. The number of anilines is 1. The minimum atomic E-state index is -0.671. The van der Waals surface area contributed by atoms with E-state index >= 15 is 0 Å². The molecule has 2 aromatic heterocycles. The topological polar surface area (TPSA) is 111 Å². The highest BCUT2D eigenvalue weighted by Gasteiger charge is 2.18. The number of hydrogen-bond donors (Lipinski definition) is 2. The third-order valence-corrected chi connectivity index (χ3v) is 4.49. The summed E-state index contributed by atoms with van der Waals surface area (Å²) in [5, 5.41) is 2.68. The molecule has 148 valence electrons. The highest BCUT2D eigenvalue weighted by molar-refractivity contribution is 6.08. The van der Waals surface area contributed by atoms with E-state index in [1.165, 1.54) is 6.07 Å². The van der Waals surface area contributed by atoms with Crippen LogP contribution in [0.1, 0.15) is 26.4 Å². The zero-order chi connectivity index (χ0) is 21.1. The molecule has 7 nitrogen and oxygen atoms in total. The van der Waals surface area contributed by atoms with Crippen LogP contribution in [0.5, 0.6) is 0 Å². The number of aryl methyl sites for hydroxylation is 1. The summed E-state index contributed by atoms with van der Waals surface area (Å²) in [6.07, 6.45) is 1.63. The summed E-state index contributed by atoms with van der Waals surface area (Å²) in [6.45, 7) is 2.01. The normalized spacial score (nSPS) is 10.6. The van der Waals surface area contributed by atoms with Crippen LogP contribution in [0.15, 0.2) is 77.3 Å². The molecule has 0 bridgehead atoms. The zero-order valence-electron chi connectivity index (χ0n) is 16.1. The number of carbonyl (C=O) groups excluding carboxylic acids is 2. The quantitative estimate of drug-likeness (QED) is 0.526. The predicted octanol–water partition coefficient (Wildman–Crippen LogP) is 4.06. The van der Waals surface area contributed by atoms with E-state index in [9.17, 15) is 9.59 Å². The molecule has 0 aliphatic rings. The van der Waals surface area contributed by atoms with Crippen molar-refractivity contribution in [3.8, 4) is 22.8 Å². The third-order valence-electron chi connectivity index (χ3n) is 4.49. The van der Waals surface area contributed by atoms with Crippen molar-refractivity contribution >= 4 is 17.6 Å². The molecule has 3 N–H and O–H groups in total. The lowest BCUT2D eigenvalue weighted by Gasteiger charge is -2.08. The fourth-order valence-corrected chi connectivity index (χ4v) is 2.94. The average Bonchev–Trinajstić information content (AvgIpc) is 3.24. The number of oxazole rings is 1. The highest BCUT2D eigenvalue weighted by Crippen LogP contribution is 2.28. The summed E-state index contributed by atoms with van der Waals surface area (Å²) in [7, 11) is 0. The molecule has 0 aliphatic heterocycles. The van der Waals surface area contributed by atoms with Crippen LogP contribution < -0.4 is 11.1 Å². The Morgan fingerprint density at radius 1 is 0.967 bits per heavy atom. The summed E-state index contributed by atoms with van der Waals surface area (Å²) < 4.78 is 5.92. The molecule has 2 heterocycles. The van der Waals surface area contributed by atoms with Crippen LogP contribution >= 0.6 is 0 Å². The van der Waals surface area contributed by atoms with Crippen molar-refractivity contribution in [1.29, 1.82) is 0 Å². The van der Waals surface area contributed by atoms with Gasteiger partial charge in [0, 0.05) is 11.1 Å². The van der Waals surface area contributed by atoms with E-state index in [1.54, 1.807) is 42.6 Å². The molecule has 0 saturated carbocycles. The smallest absolute Gasteiger partial charge is 0.267 e. The molecule has 0 atom stereocenters. The lowest BCUT2D eigenvalue weighted by molar-refractivity contribution is 0.0991. The first-order valence-electron chi connectivity index (χ1n) is 9.22. The largest absolute Gasteiger partial charge is 0.436 e. The fourth-order valence-electron chi connectivity index (χ4n) is 2.94. The van der Waals surface area contributed by atoms with E-state index in [-0.39, 0.29) is 11.5 Å². The number of rotatable bonds is 5. The molecule has 2 aromatic carbocycles. The summed E-state index contributed by atoms with van der Waals surface area (Å²) >= 11 is 0. The number of carbonyl (C=O) groups is 2. The van der Waals surface area contributed by atoms with Crippen LogP contribution in [0.4, 0.5) is 5.82 Å². The second-order valence-corrected chi connectivity index (χ2v) is 6.67. The molecule has 0 radical (unpaired) electrons. The molecule has 2 amide bonds. The van der Waals surface area contributed by atoms with Crippen LogP contribution in [-0.2, 0) is 0 Å². The molecule has 4 rings (SSSR count). The van der Waals surface area contributed by atoms with Crippen molar-refractivity contribution in [2.45, 2.75) is 6.92 Å². The Hall–Kier alpha value is -4.26. The number of nitrogens with one attached hydrogen (secondary N) is 1. The number of hydrogen-bond acceptors (Lipinski definition) is 5. The molecule has 30 heavy (non-hydrogen) atoms. The maximum Gasteiger partial charge on any atom is 0.267 e. The van der Waals surface area contributed by atoms with Crippen molar-refractivity contribution in [3.63, 3.8) is 0 Å². The number of pyridine rings is 1. The van der Waals surface area contributed by atoms with Gasteiger partial charge in [0.1, 0.15) is 11.5 Å². The van der Waals surface area contributed by atoms with E-state index in [0.717, 1.165) is 11.1 Å². The van der Waals surface area contributed by atoms with Crippen LogP contribution in [0.25, 0.3) is 22.8 Å². The summed E-state index contributed by atoms with van der Waals surface area (Å²) in [4.78, 5) is 32.6. The van der Waals surface area contributed by atoms with E-state index < -0.39 is 11.8 Å². The van der Waals surface area contributed by atoms with E-state index in [4.69, 9.17) is 10.2 Å². The lowest BCUT2D eigenvalue weighted by Crippen LogP contribution is -2.17. The van der Waals surface area contributed by atoms with Gasteiger partial charge >= 0.3 is 0 Å². The van der Waals surface area contributed by atoms with Crippen molar-refractivity contribution in [3.05, 3.63) is 89.7 Å². The fraction of sp³-hybridized carbons (Fsp3) is 0.0435. The summed E-state index contributed by atoms with van der Waals surface area (Å²) in [5.41, 5.74) is 8.26. The highest BCUT2D eigenvalue weighted by atomic mass is 16.4. The molecule has 4 aromatic rings. The molecule has 7 heteroatoms. The molecular weight excluding hydrogens is 380 g/mol. The Labute approximate surface area is 172 Å². The van der Waals surface area contributed by atoms with Crippen molar-refractivity contribution in [1.82, 2.24) is 9.97 Å². The molecule has 0 unspecified atom stereocenters. The number of aromatic nitrogens is 2. The minimum absolute atomic E-state index is 0.0662. The SMILES string of the molecule is Cc1ccc(-c2cnc(-c3ccccc3C(=O)Nc3cccc(C(N)=O)n3)o2)cc1. The van der Waals surface area contributed by atoms with Gasteiger partial charge in [-0.15, -0.1) is 0 Å². The van der Waals surface area contributed by atoms with Gasteiger partial charge in [0.25, 0.3) is 11.8 Å². The predicted molar refractivity (Wildman–Crippen MR) is 113 cm³/mol. The van der Waals surface area contributed by atoms with Gasteiger partial charge in [-0.25, -0.2) is 9.97 Å². The van der Waals surface area contributed by atoms with Crippen LogP contribution in [0, 0.1) is 6.92 Å². The maximum absolute atomic E-state index is 12.9. The molecule has 0 fully saturated rings. The van der Waals surface area contributed by atoms with Crippen LogP contribution in [-0.4, -0.2) is 21.8 Å². The van der Waals surface area contributed by atoms with E-state index in [2.05, 4.69) is 15.3 Å². The number of nitrogens with zero attached hydrogens (tertiary/aromatic N) is 2. The Morgan fingerprint density at radius 3 is 2.50 bits per heavy atom. The lowest BCUT2D eigenvalue weighted by atomic mass is 10.1. The molecular formula is C23H18N4O3. The molecule has 0 aliphatic carbocycles. The number of amides is 2. The number of primary amides is 1. The first-order valence-corrected chi connectivity index (χ1v) is 9.22. The third kappa shape index (κ3) is 3.95. The van der Waals surface area contributed by atoms with Gasteiger partial charge in [-0.1, -0.05) is 48.0 Å². The second kappa shape index (κ2) is 8.00. The monoisotopic (exact) mass is 398 g/mol. The Kier molecular flexibility index (Phi) is 5.09. The van der Waals surface area contributed by atoms with Gasteiger partial charge in [-0.2, -0.15) is 0 Å². The second-order valence-electron chi connectivity index (χ2n) is 6.67. The van der Waals surface area contributed by atoms with Gasteiger partial charge in [0.05, 0.1) is 11.8 Å². The Balaban J connectivity index is 1.63. The molecule has 0 saturated heterocycles. The van der Waals surface area contributed by atoms with Gasteiger partial charge in [-0.05, 0) is 31.2 Å². The van der Waals surface area contributed by atoms with E-state index in [0.29, 0.717) is 22.8 Å². The standard InChI is InChI=1S/C23H18N4O3/c1-14-9-11-15(12-10-14)19-13-25-23(30-19)17-6-3-2-5-16(17)22(29)27-20-8-4-7-18(26-20)21(24)28/h2-13H,1H3,(H2,24,28)(H,26,27,29). The summed E-state index contributed by atoms with van der Waals surface area (Å²) in [6, 6.07) is 19.5. The van der Waals surface area contributed by atoms with Gasteiger partial charge in [0.2, 0.25) is 5.89 Å². The van der Waals surface area contributed by atoms with Crippen LogP contribution in [0.3, 0.4) is 0 Å². The van der Waals surface area contributed by atoms with Gasteiger partial charge in [0.15, 0.2) is 5.76 Å². The van der Waals surface area contributed by atoms with Crippen molar-refractivity contribution in [2.75, 3.05) is 5.32 Å². The van der Waals surface area contributed by atoms with Gasteiger partial charge in [-0.3, -0.25) is 9.59 Å². The summed E-state index contributed by atoms with van der Waals surface area (Å²) in [5.74, 6) is 0.0785. The number of nitrogens with two attached hydrogens (primary N) is 1. The minimum Gasteiger partial charge on any atom is -0.436 e. The van der Waals surface area contributed by atoms with E-state index in [1.807, 2.05) is 31.2 Å². The Morgan fingerprint density at radius 2 is 1.73 bits per heavy atom. The zero-order valence-corrected chi connectivity index (χ0v) is 16.1.